The lowest BCUT2D eigenvalue weighted by molar-refractivity contribution is -0.121. The van der Waals surface area contributed by atoms with Gasteiger partial charge >= 0.3 is 5.63 Å². The third kappa shape index (κ3) is 2.98. The highest BCUT2D eigenvalue weighted by molar-refractivity contribution is 6.29. The number of carbonyl (C=O) groups excluding carboxylic acids is 4. The van der Waals surface area contributed by atoms with Crippen LogP contribution < -0.4 is 15.4 Å². The molecule has 0 fully saturated rings. The van der Waals surface area contributed by atoms with E-state index in [4.69, 9.17) is 4.42 Å². The molecule has 8 heteroatoms. The van der Waals surface area contributed by atoms with Crippen LogP contribution in [0.3, 0.4) is 0 Å². The summed E-state index contributed by atoms with van der Waals surface area (Å²) in [6.07, 6.45) is 4.76. The van der Waals surface area contributed by atoms with Crippen molar-refractivity contribution in [1.29, 1.82) is 0 Å². The Morgan fingerprint density at radius 3 is 1.68 bits per heavy atom. The Balaban J connectivity index is 1.54. The normalized spacial score (nSPS) is 15.7. The summed E-state index contributed by atoms with van der Waals surface area (Å²) in [6, 6.07) is 12.6. The highest BCUT2D eigenvalue weighted by atomic mass is 16.4. The van der Waals surface area contributed by atoms with Crippen molar-refractivity contribution in [3.8, 4) is 11.1 Å². The number of anilines is 2. The van der Waals surface area contributed by atoms with E-state index in [-0.39, 0.29) is 5.56 Å². The first-order valence-corrected chi connectivity index (χ1v) is 9.23. The maximum atomic E-state index is 12.5. The molecule has 0 N–H and O–H groups in total. The standard InChI is InChI=1S/C23H12N2O6/c26-19-7-8-20(27)24(19)15-3-1-13(2-4-15)17-12-14-11-16(5-6-18(14)31-23(17)30)25-21(28)9-10-22(25)29/h1-12H. The number of benzene rings is 2. The summed E-state index contributed by atoms with van der Waals surface area (Å²) in [5.41, 5.74) is 1.26. The number of nitrogens with zero attached hydrogens (tertiary/aromatic N) is 2. The predicted octanol–water partition coefficient (Wildman–Crippen LogP) is 2.32. The largest absolute Gasteiger partial charge is 0.422 e. The monoisotopic (exact) mass is 412 g/mol. The Kier molecular flexibility index (Phi) is 4.01. The van der Waals surface area contributed by atoms with Gasteiger partial charge in [0.2, 0.25) is 0 Å². The molecule has 0 spiro atoms. The van der Waals surface area contributed by atoms with E-state index in [0.717, 1.165) is 9.80 Å². The molecule has 8 nitrogen and oxygen atoms in total. The maximum Gasteiger partial charge on any atom is 0.344 e. The minimum atomic E-state index is -0.571. The lowest BCUT2D eigenvalue weighted by atomic mass is 10.0. The van der Waals surface area contributed by atoms with Crippen molar-refractivity contribution in [2.45, 2.75) is 0 Å². The van der Waals surface area contributed by atoms with Crippen LogP contribution in [0.15, 0.2) is 82.0 Å². The van der Waals surface area contributed by atoms with E-state index in [1.165, 1.54) is 36.4 Å². The fourth-order valence-electron chi connectivity index (χ4n) is 3.55. The zero-order valence-electron chi connectivity index (χ0n) is 15.8. The molecule has 0 atom stereocenters. The van der Waals surface area contributed by atoms with Crippen LogP contribution in [-0.4, -0.2) is 23.6 Å². The van der Waals surface area contributed by atoms with Gasteiger partial charge in [-0.3, -0.25) is 19.2 Å². The molecule has 2 aliphatic heterocycles. The Labute approximate surface area is 174 Å². The average molecular weight is 412 g/mol. The van der Waals surface area contributed by atoms with Crippen molar-refractivity contribution in [3.05, 3.63) is 83.3 Å². The van der Waals surface area contributed by atoms with Gasteiger partial charge in [0.15, 0.2) is 0 Å². The van der Waals surface area contributed by atoms with Crippen LogP contribution in [0.4, 0.5) is 11.4 Å². The Bertz CT molecular complexity index is 1390. The summed E-state index contributed by atoms with van der Waals surface area (Å²) < 4.78 is 5.39. The topological polar surface area (TPSA) is 105 Å². The fraction of sp³-hybridized carbons (Fsp3) is 0. The van der Waals surface area contributed by atoms with Gasteiger partial charge in [-0.05, 0) is 42.0 Å². The molecule has 0 saturated heterocycles. The van der Waals surface area contributed by atoms with Gasteiger partial charge in [0.1, 0.15) is 5.58 Å². The highest BCUT2D eigenvalue weighted by Gasteiger charge is 2.26. The molecule has 2 aliphatic rings. The Morgan fingerprint density at radius 1 is 0.581 bits per heavy atom. The number of fused-ring (bicyclic) bond motifs is 1. The number of rotatable bonds is 3. The summed E-state index contributed by atoms with van der Waals surface area (Å²) in [6.45, 7) is 0. The second-order valence-electron chi connectivity index (χ2n) is 6.91. The first kappa shape index (κ1) is 18.4. The average Bonchev–Trinajstić information content (AvgIpc) is 3.27. The summed E-state index contributed by atoms with van der Waals surface area (Å²) in [5, 5.41) is 0.526. The van der Waals surface area contributed by atoms with Gasteiger partial charge in [0, 0.05) is 29.7 Å². The number of carbonyl (C=O) groups is 4. The van der Waals surface area contributed by atoms with Crippen LogP contribution in [0.25, 0.3) is 22.1 Å². The van der Waals surface area contributed by atoms with Gasteiger partial charge in [-0.2, -0.15) is 0 Å². The number of amides is 4. The van der Waals surface area contributed by atoms with Crippen LogP contribution in [0.1, 0.15) is 0 Å². The molecule has 31 heavy (non-hydrogen) atoms. The van der Waals surface area contributed by atoms with Crippen molar-refractivity contribution in [3.63, 3.8) is 0 Å². The van der Waals surface area contributed by atoms with Crippen LogP contribution in [0.2, 0.25) is 0 Å². The highest BCUT2D eigenvalue weighted by Crippen LogP contribution is 2.28. The molecule has 0 saturated carbocycles. The van der Waals surface area contributed by atoms with Crippen LogP contribution >= 0.6 is 0 Å². The number of imide groups is 2. The van der Waals surface area contributed by atoms with E-state index in [9.17, 15) is 24.0 Å². The second kappa shape index (κ2) is 6.74. The maximum absolute atomic E-state index is 12.5. The molecule has 3 aromatic rings. The van der Waals surface area contributed by atoms with E-state index in [1.807, 2.05) is 0 Å². The molecule has 0 bridgehead atoms. The predicted molar refractivity (Wildman–Crippen MR) is 111 cm³/mol. The van der Waals surface area contributed by atoms with Crippen LogP contribution in [0, 0.1) is 0 Å². The lowest BCUT2D eigenvalue weighted by Gasteiger charge is -2.15. The lowest BCUT2D eigenvalue weighted by Crippen LogP contribution is -2.29. The fourth-order valence-corrected chi connectivity index (χ4v) is 3.55. The van der Waals surface area contributed by atoms with Crippen molar-refractivity contribution in [1.82, 2.24) is 0 Å². The zero-order valence-corrected chi connectivity index (χ0v) is 15.8. The second-order valence-corrected chi connectivity index (χ2v) is 6.91. The molecule has 150 valence electrons. The minimum absolute atomic E-state index is 0.255. The minimum Gasteiger partial charge on any atom is -0.422 e. The van der Waals surface area contributed by atoms with E-state index in [0.29, 0.717) is 27.9 Å². The summed E-state index contributed by atoms with van der Waals surface area (Å²) >= 11 is 0. The van der Waals surface area contributed by atoms with Crippen molar-refractivity contribution in [2.75, 3.05) is 9.80 Å². The van der Waals surface area contributed by atoms with Gasteiger partial charge in [0.05, 0.1) is 16.9 Å². The molecule has 0 aliphatic carbocycles. The molecular formula is C23H12N2O6. The van der Waals surface area contributed by atoms with Crippen LogP contribution in [0.5, 0.6) is 0 Å². The van der Waals surface area contributed by atoms with Crippen LogP contribution in [-0.2, 0) is 19.2 Å². The van der Waals surface area contributed by atoms with Crippen molar-refractivity contribution >= 4 is 46.0 Å². The molecule has 4 amide bonds. The van der Waals surface area contributed by atoms with E-state index in [2.05, 4.69) is 0 Å². The molecule has 0 unspecified atom stereocenters. The SMILES string of the molecule is O=C1C=CC(=O)N1c1ccc(-c2cc3cc(N4C(=O)C=CC4=O)ccc3oc2=O)cc1. The van der Waals surface area contributed by atoms with Gasteiger partial charge in [0.25, 0.3) is 23.6 Å². The molecule has 5 rings (SSSR count). The molecule has 1 aromatic heterocycles. The molecule has 3 heterocycles. The third-order valence-electron chi connectivity index (χ3n) is 5.03. The summed E-state index contributed by atoms with van der Waals surface area (Å²) in [5.74, 6) is -1.76. The smallest absolute Gasteiger partial charge is 0.344 e. The summed E-state index contributed by atoms with van der Waals surface area (Å²) in [7, 11) is 0. The molecular weight excluding hydrogens is 400 g/mol. The first-order chi connectivity index (χ1) is 14.9. The van der Waals surface area contributed by atoms with Crippen molar-refractivity contribution in [2.24, 2.45) is 0 Å². The quantitative estimate of drug-likeness (QED) is 0.483. The molecule has 0 radical (unpaired) electrons. The zero-order chi connectivity index (χ0) is 21.7. The van der Waals surface area contributed by atoms with E-state index >= 15 is 0 Å². The van der Waals surface area contributed by atoms with E-state index < -0.39 is 29.3 Å². The van der Waals surface area contributed by atoms with Gasteiger partial charge < -0.3 is 4.42 Å². The number of hydrogen-bond acceptors (Lipinski definition) is 6. The van der Waals surface area contributed by atoms with Gasteiger partial charge in [-0.25, -0.2) is 14.6 Å². The van der Waals surface area contributed by atoms with Gasteiger partial charge in [-0.15, -0.1) is 0 Å². The number of hydrogen-bond donors (Lipinski definition) is 0. The Morgan fingerprint density at radius 2 is 1.10 bits per heavy atom. The third-order valence-corrected chi connectivity index (χ3v) is 5.03. The summed E-state index contributed by atoms with van der Waals surface area (Å²) in [4.78, 5) is 62.1. The first-order valence-electron chi connectivity index (χ1n) is 9.23. The van der Waals surface area contributed by atoms with Crippen molar-refractivity contribution < 1.29 is 23.6 Å². The van der Waals surface area contributed by atoms with E-state index in [1.54, 1.807) is 36.4 Å². The van der Waals surface area contributed by atoms with Gasteiger partial charge in [-0.1, -0.05) is 12.1 Å². The Hall–Kier alpha value is -4.59. The molecule has 2 aromatic carbocycles.